The van der Waals surface area contributed by atoms with Gasteiger partial charge in [0.25, 0.3) is 0 Å². The average Bonchev–Trinajstić information content (AvgIpc) is 3.08. The maximum atomic E-state index is 12.7. The Morgan fingerprint density at radius 1 is 1.07 bits per heavy atom. The van der Waals surface area contributed by atoms with E-state index >= 15 is 0 Å². The van der Waals surface area contributed by atoms with Gasteiger partial charge in [0, 0.05) is 40.6 Å². The van der Waals surface area contributed by atoms with Crippen molar-refractivity contribution in [2.75, 3.05) is 7.11 Å². The van der Waals surface area contributed by atoms with Gasteiger partial charge in [0.15, 0.2) is 0 Å². The van der Waals surface area contributed by atoms with Crippen LogP contribution in [-0.2, 0) is 22.7 Å². The van der Waals surface area contributed by atoms with E-state index in [0.29, 0.717) is 27.7 Å². The van der Waals surface area contributed by atoms with Crippen molar-refractivity contribution in [2.45, 2.75) is 20.1 Å². The molecule has 148 valence electrons. The number of carbonyl (C=O) groups excluding carboxylic acids is 1. The highest BCUT2D eigenvalue weighted by molar-refractivity contribution is 5.96. The highest BCUT2D eigenvalue weighted by atomic mass is 16.5. The summed E-state index contributed by atoms with van der Waals surface area (Å²) in [6.45, 7) is 1.67. The van der Waals surface area contributed by atoms with Gasteiger partial charge >= 0.3 is 11.6 Å². The molecular weight excluding hydrogens is 376 g/mol. The van der Waals surface area contributed by atoms with Gasteiger partial charge in [-0.1, -0.05) is 18.2 Å². The van der Waals surface area contributed by atoms with Crippen LogP contribution in [0.5, 0.6) is 5.75 Å². The number of para-hydroxylation sites is 1. The molecule has 0 amide bonds. The molecule has 2 aromatic heterocycles. The van der Waals surface area contributed by atoms with Crippen molar-refractivity contribution in [2.24, 2.45) is 0 Å². The second kappa shape index (κ2) is 7.44. The van der Waals surface area contributed by atoms with E-state index in [1.807, 2.05) is 18.2 Å². The summed E-state index contributed by atoms with van der Waals surface area (Å²) in [5, 5.41) is 11.2. The van der Waals surface area contributed by atoms with Crippen molar-refractivity contribution >= 4 is 27.9 Å². The fourth-order valence-electron chi connectivity index (χ4n) is 3.30. The van der Waals surface area contributed by atoms with Crippen LogP contribution in [0.2, 0.25) is 0 Å². The maximum absolute atomic E-state index is 12.7. The third kappa shape index (κ3) is 3.36. The highest BCUT2D eigenvalue weighted by Crippen LogP contribution is 2.29. The van der Waals surface area contributed by atoms with Gasteiger partial charge in [-0.15, -0.1) is 0 Å². The van der Waals surface area contributed by atoms with E-state index < -0.39 is 11.6 Å². The van der Waals surface area contributed by atoms with E-state index in [1.54, 1.807) is 19.1 Å². The lowest BCUT2D eigenvalue weighted by atomic mass is 10.1. The number of hydrogen-bond donors (Lipinski definition) is 1. The molecule has 4 aromatic rings. The molecule has 0 atom stereocenters. The monoisotopic (exact) mass is 394 g/mol. The number of rotatable bonds is 5. The maximum Gasteiger partial charge on any atom is 0.374 e. The molecule has 0 radical (unpaired) electrons. The van der Waals surface area contributed by atoms with Crippen LogP contribution in [0.25, 0.3) is 21.9 Å². The molecule has 0 aliphatic carbocycles. The summed E-state index contributed by atoms with van der Waals surface area (Å²) in [4.78, 5) is 24.6. The summed E-state index contributed by atoms with van der Waals surface area (Å²) in [5.41, 5.74) is 1.73. The molecule has 1 N–H and O–H groups in total. The number of hydrogen-bond acceptors (Lipinski definition) is 7. The van der Waals surface area contributed by atoms with E-state index in [-0.39, 0.29) is 30.3 Å². The van der Waals surface area contributed by atoms with Gasteiger partial charge in [-0.3, -0.25) is 0 Å². The predicted molar refractivity (Wildman–Crippen MR) is 105 cm³/mol. The topological polar surface area (TPSA) is 99.1 Å². The van der Waals surface area contributed by atoms with Gasteiger partial charge in [-0.25, -0.2) is 9.59 Å². The second-order valence-corrected chi connectivity index (χ2v) is 6.59. The molecule has 2 aromatic carbocycles. The summed E-state index contributed by atoms with van der Waals surface area (Å²) in [7, 11) is 1.53. The fraction of sp³-hybridized carbons (Fsp3) is 0.182. The van der Waals surface area contributed by atoms with Crippen molar-refractivity contribution in [3.05, 3.63) is 75.3 Å². The molecule has 0 unspecified atom stereocenters. The number of methoxy groups -OCH3 is 1. The van der Waals surface area contributed by atoms with Crippen LogP contribution in [0.1, 0.15) is 27.2 Å². The number of ether oxygens (including phenoxy) is 2. The largest absolute Gasteiger partial charge is 0.508 e. The zero-order valence-electron chi connectivity index (χ0n) is 15.9. The van der Waals surface area contributed by atoms with E-state index in [9.17, 15) is 14.7 Å². The molecule has 0 saturated carbocycles. The summed E-state index contributed by atoms with van der Waals surface area (Å²) >= 11 is 0. The van der Waals surface area contributed by atoms with Crippen LogP contribution >= 0.6 is 0 Å². The molecule has 0 aliphatic heterocycles. The van der Waals surface area contributed by atoms with Crippen LogP contribution in [0.3, 0.4) is 0 Å². The van der Waals surface area contributed by atoms with Crippen molar-refractivity contribution in [3.8, 4) is 5.75 Å². The van der Waals surface area contributed by atoms with E-state index in [0.717, 1.165) is 5.39 Å². The van der Waals surface area contributed by atoms with E-state index in [4.69, 9.17) is 18.3 Å². The molecule has 7 heteroatoms. The Morgan fingerprint density at radius 2 is 1.86 bits per heavy atom. The smallest absolute Gasteiger partial charge is 0.374 e. The molecule has 0 spiro atoms. The van der Waals surface area contributed by atoms with Gasteiger partial charge < -0.3 is 23.4 Å². The Morgan fingerprint density at radius 3 is 2.66 bits per heavy atom. The number of phenols is 1. The highest BCUT2D eigenvalue weighted by Gasteiger charge is 2.22. The summed E-state index contributed by atoms with van der Waals surface area (Å²) < 4.78 is 21.5. The number of aromatic hydroxyl groups is 1. The first kappa shape index (κ1) is 18.8. The second-order valence-electron chi connectivity index (χ2n) is 6.59. The number of carbonyl (C=O) groups is 1. The molecule has 0 fully saturated rings. The zero-order valence-corrected chi connectivity index (χ0v) is 15.9. The zero-order chi connectivity index (χ0) is 20.5. The molecule has 4 rings (SSSR count). The Balaban J connectivity index is 1.68. The van der Waals surface area contributed by atoms with Crippen LogP contribution in [0.4, 0.5) is 0 Å². The summed E-state index contributed by atoms with van der Waals surface area (Å²) in [5.74, 6) is -0.583. The predicted octanol–water partition coefficient (Wildman–Crippen LogP) is 4.06. The minimum Gasteiger partial charge on any atom is -0.508 e. The Kier molecular flexibility index (Phi) is 4.82. The summed E-state index contributed by atoms with van der Waals surface area (Å²) in [6, 6.07) is 11.6. The number of aryl methyl sites for hydroxylation is 1. The number of esters is 1. The number of furan rings is 1. The van der Waals surface area contributed by atoms with Crippen LogP contribution < -0.4 is 5.63 Å². The molecule has 0 saturated heterocycles. The number of fused-ring (bicyclic) bond motifs is 2. The van der Waals surface area contributed by atoms with Gasteiger partial charge in [-0.05, 0) is 25.1 Å². The van der Waals surface area contributed by atoms with Crippen molar-refractivity contribution in [3.63, 3.8) is 0 Å². The molecular formula is C22H18O7. The Bertz CT molecular complexity index is 1280. The van der Waals surface area contributed by atoms with Crippen LogP contribution in [0, 0.1) is 6.92 Å². The molecule has 7 nitrogen and oxygen atoms in total. The Labute approximate surface area is 165 Å². The normalized spacial score (nSPS) is 11.2. The number of benzene rings is 2. The van der Waals surface area contributed by atoms with Crippen molar-refractivity contribution < 1.29 is 28.2 Å². The average molecular weight is 394 g/mol. The minimum absolute atomic E-state index is 0.0151. The number of phenolic OH excluding ortho intramolecular Hbond substituents is 1. The van der Waals surface area contributed by atoms with Gasteiger partial charge in [0.1, 0.15) is 23.5 Å². The molecule has 0 aliphatic rings. The minimum atomic E-state index is -0.662. The molecule has 29 heavy (non-hydrogen) atoms. The van der Waals surface area contributed by atoms with Crippen LogP contribution in [-0.4, -0.2) is 18.2 Å². The Hall–Kier alpha value is -3.58. The van der Waals surface area contributed by atoms with Crippen molar-refractivity contribution in [1.82, 2.24) is 0 Å². The van der Waals surface area contributed by atoms with Gasteiger partial charge in [0.05, 0.1) is 6.61 Å². The SMILES string of the molecule is COCc1c(C(=O)OCc2cc(=O)oc3c(C)c(O)ccc23)oc2ccccc12. The molecule has 0 bridgehead atoms. The first-order chi connectivity index (χ1) is 14.0. The first-order valence-corrected chi connectivity index (χ1v) is 8.91. The lowest BCUT2D eigenvalue weighted by molar-refractivity contribution is 0.0433. The van der Waals surface area contributed by atoms with Crippen molar-refractivity contribution in [1.29, 1.82) is 0 Å². The standard InChI is InChI=1S/C22H18O7/c1-12-17(23)8-7-14-13(9-19(24)29-20(12)14)10-27-22(25)21-16(11-26-2)15-5-3-4-6-18(15)28-21/h3-9,23H,10-11H2,1-2H3. The van der Waals surface area contributed by atoms with E-state index in [1.165, 1.54) is 19.2 Å². The van der Waals surface area contributed by atoms with Crippen LogP contribution in [0.15, 0.2) is 56.1 Å². The van der Waals surface area contributed by atoms with Gasteiger partial charge in [0.2, 0.25) is 5.76 Å². The lowest BCUT2D eigenvalue weighted by Gasteiger charge is -2.09. The molecule has 2 heterocycles. The first-order valence-electron chi connectivity index (χ1n) is 8.91. The third-order valence-corrected chi connectivity index (χ3v) is 4.75. The van der Waals surface area contributed by atoms with Gasteiger partial charge in [-0.2, -0.15) is 0 Å². The van der Waals surface area contributed by atoms with E-state index in [2.05, 4.69) is 0 Å². The lowest BCUT2D eigenvalue weighted by Crippen LogP contribution is -2.09. The fourth-order valence-corrected chi connectivity index (χ4v) is 3.30. The summed E-state index contributed by atoms with van der Waals surface area (Å²) in [6.07, 6.45) is 0. The quantitative estimate of drug-likeness (QED) is 0.402. The third-order valence-electron chi connectivity index (χ3n) is 4.75.